The van der Waals surface area contributed by atoms with Crippen molar-refractivity contribution in [1.29, 1.82) is 0 Å². The molecule has 1 N–H and O–H groups in total. The summed E-state index contributed by atoms with van der Waals surface area (Å²) in [5, 5.41) is 2.64. The van der Waals surface area contributed by atoms with E-state index in [9.17, 15) is 13.2 Å². The smallest absolute Gasteiger partial charge is 0.221 e. The van der Waals surface area contributed by atoms with Gasteiger partial charge in [0.2, 0.25) is 5.91 Å². The first-order valence-electron chi connectivity index (χ1n) is 10.8. The molecule has 0 aliphatic heterocycles. The number of para-hydroxylation sites is 2. The van der Waals surface area contributed by atoms with Crippen molar-refractivity contribution in [3.63, 3.8) is 0 Å². The minimum Gasteiger partial charge on any atom is -0.326 e. The van der Waals surface area contributed by atoms with Gasteiger partial charge in [-0.2, -0.15) is 0 Å². The quantitative estimate of drug-likeness (QED) is 0.432. The number of sulfone groups is 1. The highest BCUT2D eigenvalue weighted by molar-refractivity contribution is 7.90. The van der Waals surface area contributed by atoms with Crippen LogP contribution in [0.2, 0.25) is 0 Å². The molecule has 6 nitrogen and oxygen atoms in total. The van der Waals surface area contributed by atoms with Crippen molar-refractivity contribution in [2.45, 2.75) is 37.3 Å². The van der Waals surface area contributed by atoms with Crippen molar-refractivity contribution < 1.29 is 13.2 Å². The molecule has 0 atom stereocenters. The Morgan fingerprint density at radius 2 is 1.39 bits per heavy atom. The average Bonchev–Trinajstić information content (AvgIpc) is 2.79. The van der Waals surface area contributed by atoms with Crippen LogP contribution in [-0.2, 0) is 33.2 Å². The Morgan fingerprint density at radius 3 is 2.00 bits per heavy atom. The summed E-state index contributed by atoms with van der Waals surface area (Å²) in [5.74, 6) is -0.470. The SMILES string of the molecule is CCc1ccccc1Cc1nc2ccccc2nc1CS(=O)(=O)c1ccc(NC(C)=O)cc1. The standard InChI is InChI=1S/C26H25N3O3S/c1-3-19-8-4-5-9-20(19)16-25-26(29-24-11-7-6-10-23(24)28-25)17-33(31,32)22-14-12-21(13-15-22)27-18(2)30/h4-15H,3,16-17H2,1-2H3,(H,27,30). The van der Waals surface area contributed by atoms with E-state index in [4.69, 9.17) is 9.97 Å². The molecule has 0 unspecified atom stereocenters. The van der Waals surface area contributed by atoms with Gasteiger partial charge in [0.05, 0.1) is 33.1 Å². The Kier molecular flexibility index (Phi) is 6.51. The largest absolute Gasteiger partial charge is 0.326 e. The molecule has 0 aliphatic carbocycles. The summed E-state index contributed by atoms with van der Waals surface area (Å²) in [6.07, 6.45) is 1.39. The third-order valence-electron chi connectivity index (χ3n) is 5.44. The molecule has 1 aromatic heterocycles. The number of anilines is 1. The summed E-state index contributed by atoms with van der Waals surface area (Å²) in [7, 11) is -3.67. The van der Waals surface area contributed by atoms with Crippen molar-refractivity contribution in [3.8, 4) is 0 Å². The van der Waals surface area contributed by atoms with Crippen LogP contribution in [0.5, 0.6) is 0 Å². The van der Waals surface area contributed by atoms with Crippen molar-refractivity contribution in [2.75, 3.05) is 5.32 Å². The molecular weight excluding hydrogens is 434 g/mol. The third-order valence-corrected chi connectivity index (χ3v) is 7.09. The highest BCUT2D eigenvalue weighted by Gasteiger charge is 2.21. The molecule has 0 bridgehead atoms. The molecule has 0 aliphatic rings. The number of benzene rings is 3. The van der Waals surface area contributed by atoms with E-state index in [2.05, 4.69) is 24.4 Å². The van der Waals surface area contributed by atoms with Crippen LogP contribution in [0.15, 0.2) is 77.7 Å². The highest BCUT2D eigenvalue weighted by Crippen LogP contribution is 2.24. The normalized spacial score (nSPS) is 11.5. The van der Waals surface area contributed by atoms with E-state index >= 15 is 0 Å². The second-order valence-corrected chi connectivity index (χ2v) is 9.86. The molecule has 1 heterocycles. The summed E-state index contributed by atoms with van der Waals surface area (Å²) in [5.41, 5.74) is 5.37. The van der Waals surface area contributed by atoms with E-state index < -0.39 is 9.84 Å². The van der Waals surface area contributed by atoms with E-state index in [1.54, 1.807) is 12.1 Å². The maximum absolute atomic E-state index is 13.2. The lowest BCUT2D eigenvalue weighted by Crippen LogP contribution is -2.12. The zero-order valence-electron chi connectivity index (χ0n) is 18.6. The highest BCUT2D eigenvalue weighted by atomic mass is 32.2. The van der Waals surface area contributed by atoms with Crippen molar-refractivity contribution in [3.05, 3.63) is 95.3 Å². The van der Waals surface area contributed by atoms with Crippen molar-refractivity contribution >= 4 is 32.5 Å². The van der Waals surface area contributed by atoms with Gasteiger partial charge >= 0.3 is 0 Å². The fourth-order valence-corrected chi connectivity index (χ4v) is 5.11. The maximum Gasteiger partial charge on any atom is 0.221 e. The number of rotatable bonds is 7. The van der Waals surface area contributed by atoms with Gasteiger partial charge in [0.1, 0.15) is 0 Å². The number of fused-ring (bicyclic) bond motifs is 1. The summed E-state index contributed by atoms with van der Waals surface area (Å²) < 4.78 is 26.5. The van der Waals surface area contributed by atoms with Gasteiger partial charge in [-0.15, -0.1) is 0 Å². The Hall–Kier alpha value is -3.58. The zero-order valence-corrected chi connectivity index (χ0v) is 19.4. The molecule has 3 aromatic carbocycles. The van der Waals surface area contributed by atoms with Gasteiger partial charge in [-0.05, 0) is 53.9 Å². The number of hydrogen-bond donors (Lipinski definition) is 1. The molecule has 0 saturated carbocycles. The van der Waals surface area contributed by atoms with E-state index in [-0.39, 0.29) is 16.6 Å². The molecule has 4 rings (SSSR count). The molecule has 33 heavy (non-hydrogen) atoms. The van der Waals surface area contributed by atoms with Crippen molar-refractivity contribution in [2.24, 2.45) is 0 Å². The second kappa shape index (κ2) is 9.50. The van der Waals surface area contributed by atoms with Gasteiger partial charge in [-0.3, -0.25) is 4.79 Å². The van der Waals surface area contributed by atoms with Crippen LogP contribution < -0.4 is 5.32 Å². The third kappa shape index (κ3) is 5.26. The first kappa shape index (κ1) is 22.6. The number of aromatic nitrogens is 2. The molecule has 4 aromatic rings. The van der Waals surface area contributed by atoms with Gasteiger partial charge in [0, 0.05) is 19.0 Å². The minimum atomic E-state index is -3.67. The first-order chi connectivity index (χ1) is 15.9. The van der Waals surface area contributed by atoms with Crippen LogP contribution in [-0.4, -0.2) is 24.3 Å². The average molecular weight is 460 g/mol. The van der Waals surface area contributed by atoms with Gasteiger partial charge in [-0.1, -0.05) is 43.3 Å². The van der Waals surface area contributed by atoms with Crippen LogP contribution in [0.25, 0.3) is 11.0 Å². The van der Waals surface area contributed by atoms with E-state index in [1.807, 2.05) is 36.4 Å². The number of nitrogens with zero attached hydrogens (tertiary/aromatic N) is 2. The predicted molar refractivity (Wildman–Crippen MR) is 130 cm³/mol. The lowest BCUT2D eigenvalue weighted by molar-refractivity contribution is -0.114. The van der Waals surface area contributed by atoms with Crippen LogP contribution in [0, 0.1) is 0 Å². The minimum absolute atomic E-state index is 0.173. The Balaban J connectivity index is 1.72. The fraction of sp³-hybridized carbons (Fsp3) is 0.192. The Labute approximate surface area is 193 Å². The van der Waals surface area contributed by atoms with E-state index in [0.717, 1.165) is 17.5 Å². The monoisotopic (exact) mass is 459 g/mol. The van der Waals surface area contributed by atoms with Gasteiger partial charge in [-0.25, -0.2) is 18.4 Å². The molecule has 7 heteroatoms. The summed E-state index contributed by atoms with van der Waals surface area (Å²) >= 11 is 0. The topological polar surface area (TPSA) is 89.0 Å². The molecular formula is C26H25N3O3S. The molecule has 0 saturated heterocycles. The van der Waals surface area contributed by atoms with Gasteiger partial charge in [0.15, 0.2) is 9.84 Å². The van der Waals surface area contributed by atoms with E-state index in [0.29, 0.717) is 29.0 Å². The van der Waals surface area contributed by atoms with Gasteiger partial charge < -0.3 is 5.32 Å². The number of carbonyl (C=O) groups is 1. The summed E-state index contributed by atoms with van der Waals surface area (Å²) in [6.45, 7) is 3.50. The number of amides is 1. The fourth-order valence-electron chi connectivity index (χ4n) is 3.80. The predicted octanol–water partition coefficient (Wildman–Crippen LogP) is 4.72. The second-order valence-electron chi connectivity index (χ2n) is 7.87. The molecule has 168 valence electrons. The molecule has 0 radical (unpaired) electrons. The number of carbonyl (C=O) groups excluding carboxylic acids is 1. The number of hydrogen-bond acceptors (Lipinski definition) is 5. The zero-order chi connectivity index (χ0) is 23.4. The molecule has 0 fully saturated rings. The Bertz CT molecular complexity index is 1410. The molecule has 1 amide bonds. The number of aryl methyl sites for hydroxylation is 1. The van der Waals surface area contributed by atoms with Crippen LogP contribution in [0.4, 0.5) is 5.69 Å². The first-order valence-corrected chi connectivity index (χ1v) is 12.4. The summed E-state index contributed by atoms with van der Waals surface area (Å²) in [4.78, 5) is 20.9. The van der Waals surface area contributed by atoms with Crippen LogP contribution in [0.3, 0.4) is 0 Å². The lowest BCUT2D eigenvalue weighted by atomic mass is 10.00. The molecule has 0 spiro atoms. The van der Waals surface area contributed by atoms with Crippen molar-refractivity contribution in [1.82, 2.24) is 9.97 Å². The van der Waals surface area contributed by atoms with Gasteiger partial charge in [0.25, 0.3) is 0 Å². The number of nitrogens with one attached hydrogen (secondary N) is 1. The maximum atomic E-state index is 13.2. The lowest BCUT2D eigenvalue weighted by Gasteiger charge is -2.13. The van der Waals surface area contributed by atoms with Crippen LogP contribution >= 0.6 is 0 Å². The Morgan fingerprint density at radius 1 is 0.818 bits per heavy atom. The summed E-state index contributed by atoms with van der Waals surface area (Å²) in [6, 6.07) is 21.8. The van der Waals surface area contributed by atoms with E-state index in [1.165, 1.54) is 24.6 Å². The van der Waals surface area contributed by atoms with Crippen LogP contribution in [0.1, 0.15) is 36.4 Å².